The number of benzene rings is 2. The van der Waals surface area contributed by atoms with E-state index in [1.54, 1.807) is 30.5 Å². The predicted octanol–water partition coefficient (Wildman–Crippen LogP) is 4.24. The number of hydrogen-bond donors (Lipinski definition) is 1. The third-order valence-electron chi connectivity index (χ3n) is 7.12. The molecular formula is C27H33N3O4S. The molecule has 35 heavy (non-hydrogen) atoms. The summed E-state index contributed by atoms with van der Waals surface area (Å²) in [7, 11) is -3.26. The maximum Gasteiger partial charge on any atom is 0.252 e. The molecule has 0 spiro atoms. The molecule has 1 amide bonds. The fourth-order valence-corrected chi connectivity index (χ4v) is 5.50. The zero-order valence-corrected chi connectivity index (χ0v) is 21.1. The number of hydrogen-bond acceptors (Lipinski definition) is 5. The van der Waals surface area contributed by atoms with E-state index in [0.29, 0.717) is 24.3 Å². The lowest BCUT2D eigenvalue weighted by Gasteiger charge is -2.40. The summed E-state index contributed by atoms with van der Waals surface area (Å²) in [5, 5.41) is 4.84. The molecule has 0 unspecified atom stereocenters. The Hall–Kier alpha value is -2.97. The van der Waals surface area contributed by atoms with Crippen LogP contribution in [0.2, 0.25) is 0 Å². The highest BCUT2D eigenvalue weighted by Gasteiger charge is 2.37. The molecular weight excluding hydrogens is 462 g/mol. The van der Waals surface area contributed by atoms with Gasteiger partial charge in [0.25, 0.3) is 5.91 Å². The molecule has 7 nitrogen and oxygen atoms in total. The highest BCUT2D eigenvalue weighted by Crippen LogP contribution is 2.39. The number of carbonyl (C=O) groups excluding carboxylic acids is 1. The third kappa shape index (κ3) is 5.82. The fourth-order valence-electron chi connectivity index (χ4n) is 4.87. The summed E-state index contributed by atoms with van der Waals surface area (Å²) >= 11 is 0. The summed E-state index contributed by atoms with van der Waals surface area (Å²) in [4.78, 5) is 12.5. The molecule has 0 aliphatic heterocycles. The highest BCUT2D eigenvalue weighted by molar-refractivity contribution is 7.90. The van der Waals surface area contributed by atoms with E-state index in [-0.39, 0.29) is 16.5 Å². The fraction of sp³-hybridized carbons (Fsp3) is 0.407. The quantitative estimate of drug-likeness (QED) is 0.478. The van der Waals surface area contributed by atoms with E-state index in [1.807, 2.05) is 22.9 Å². The van der Waals surface area contributed by atoms with E-state index in [0.717, 1.165) is 37.7 Å². The molecule has 4 rings (SSSR count). The number of carbonyl (C=O) groups is 1. The first-order valence-electron chi connectivity index (χ1n) is 12.0. The molecule has 1 aliphatic rings. The van der Waals surface area contributed by atoms with Crippen molar-refractivity contribution in [2.75, 3.05) is 6.26 Å². The molecule has 8 heteroatoms. The van der Waals surface area contributed by atoms with Crippen molar-refractivity contribution < 1.29 is 17.9 Å². The van der Waals surface area contributed by atoms with Crippen LogP contribution in [0.15, 0.2) is 65.7 Å². The van der Waals surface area contributed by atoms with Gasteiger partial charge in [-0.05, 0) is 55.4 Å². The van der Waals surface area contributed by atoms with E-state index in [1.165, 1.54) is 11.8 Å². The minimum absolute atomic E-state index is 0.185. The van der Waals surface area contributed by atoms with Crippen molar-refractivity contribution in [3.63, 3.8) is 0 Å². The molecule has 0 atom stereocenters. The molecule has 2 aromatic carbocycles. The minimum atomic E-state index is -3.26. The Morgan fingerprint density at radius 1 is 1.09 bits per heavy atom. The topological polar surface area (TPSA) is 104 Å². The summed E-state index contributed by atoms with van der Waals surface area (Å²) in [6.07, 6.45) is 8.13. The first kappa shape index (κ1) is 25.1. The highest BCUT2D eigenvalue weighted by atomic mass is 32.2. The largest absolute Gasteiger partial charge is 0.374 e. The van der Waals surface area contributed by atoms with Crippen LogP contribution in [0.5, 0.6) is 0 Å². The average molecular weight is 496 g/mol. The molecule has 1 heterocycles. The first-order chi connectivity index (χ1) is 16.7. The van der Waals surface area contributed by atoms with Gasteiger partial charge in [-0.1, -0.05) is 49.4 Å². The normalized spacial score (nSPS) is 20.6. The molecule has 0 radical (unpaired) electrons. The minimum Gasteiger partial charge on any atom is -0.374 e. The third-order valence-corrected chi connectivity index (χ3v) is 8.24. The number of ether oxygens (including phenoxy) is 1. The molecule has 0 bridgehead atoms. The van der Waals surface area contributed by atoms with E-state index in [2.05, 4.69) is 19.1 Å². The second kappa shape index (κ2) is 10.3. The number of aromatic nitrogens is 2. The Morgan fingerprint density at radius 3 is 2.31 bits per heavy atom. The van der Waals surface area contributed by atoms with Crippen LogP contribution >= 0.6 is 0 Å². The van der Waals surface area contributed by atoms with Gasteiger partial charge < -0.3 is 10.5 Å². The van der Waals surface area contributed by atoms with Gasteiger partial charge in [0.1, 0.15) is 0 Å². The Morgan fingerprint density at radius 2 is 1.74 bits per heavy atom. The van der Waals surface area contributed by atoms with Crippen LogP contribution in [-0.2, 0) is 33.1 Å². The first-order valence-corrected chi connectivity index (χ1v) is 13.9. The summed E-state index contributed by atoms with van der Waals surface area (Å²) < 4.78 is 31.6. The van der Waals surface area contributed by atoms with Crippen LogP contribution in [0.4, 0.5) is 0 Å². The van der Waals surface area contributed by atoms with E-state index in [9.17, 15) is 13.2 Å². The van der Waals surface area contributed by atoms with Crippen LogP contribution in [0.1, 0.15) is 66.2 Å². The molecule has 3 aromatic rings. The second-order valence-electron chi connectivity index (χ2n) is 9.47. The summed E-state index contributed by atoms with van der Waals surface area (Å²) in [6, 6.07) is 16.9. The van der Waals surface area contributed by atoms with Crippen LogP contribution in [0.25, 0.3) is 0 Å². The lowest BCUT2D eigenvalue weighted by Crippen LogP contribution is -2.39. The second-order valence-corrected chi connectivity index (χ2v) is 11.5. The lowest BCUT2D eigenvalue weighted by atomic mass is 9.78. The smallest absolute Gasteiger partial charge is 0.252 e. The van der Waals surface area contributed by atoms with Gasteiger partial charge in [-0.15, -0.1) is 0 Å². The number of nitrogens with two attached hydrogens (primary N) is 1. The van der Waals surface area contributed by atoms with Gasteiger partial charge in [0.05, 0.1) is 34.4 Å². The lowest BCUT2D eigenvalue weighted by molar-refractivity contribution is -0.0135. The van der Waals surface area contributed by atoms with E-state index >= 15 is 0 Å². The van der Waals surface area contributed by atoms with Crippen LogP contribution < -0.4 is 5.73 Å². The van der Waals surface area contributed by atoms with Gasteiger partial charge in [-0.25, -0.2) is 8.42 Å². The summed E-state index contributed by atoms with van der Waals surface area (Å²) in [6.45, 7) is 2.76. The Bertz CT molecular complexity index is 1260. The van der Waals surface area contributed by atoms with Gasteiger partial charge in [0.15, 0.2) is 9.84 Å². The average Bonchev–Trinajstić information content (AvgIpc) is 3.28. The van der Waals surface area contributed by atoms with Crippen molar-refractivity contribution in [3.05, 3.63) is 83.2 Å². The van der Waals surface area contributed by atoms with E-state index in [4.69, 9.17) is 15.6 Å². The summed E-state index contributed by atoms with van der Waals surface area (Å²) in [5.41, 5.74) is 8.58. The standard InChI is InChI=1S/C27H33N3O4S/c1-3-27(15-13-22(14-16-27)34-19-21-7-5-4-6-8-21)30-18-24(26(28)31)25(29-30)17-20-9-11-23(12-10-20)35(2,32)33/h4-12,18,22H,3,13-17,19H2,1-2H3,(H2,28,31). The van der Waals surface area contributed by atoms with Gasteiger partial charge in [-0.2, -0.15) is 5.10 Å². The van der Waals surface area contributed by atoms with Crippen molar-refractivity contribution in [1.82, 2.24) is 9.78 Å². The monoisotopic (exact) mass is 495 g/mol. The molecule has 1 fully saturated rings. The molecule has 1 aliphatic carbocycles. The molecule has 0 saturated heterocycles. The summed E-state index contributed by atoms with van der Waals surface area (Å²) in [5.74, 6) is -0.509. The van der Waals surface area contributed by atoms with Gasteiger partial charge in [-0.3, -0.25) is 9.48 Å². The maximum atomic E-state index is 12.2. The number of nitrogens with zero attached hydrogens (tertiary/aromatic N) is 2. The van der Waals surface area contributed by atoms with Crippen LogP contribution in [0.3, 0.4) is 0 Å². The van der Waals surface area contributed by atoms with Gasteiger partial charge in [0.2, 0.25) is 0 Å². The van der Waals surface area contributed by atoms with Crippen LogP contribution in [0, 0.1) is 0 Å². The van der Waals surface area contributed by atoms with Crippen molar-refractivity contribution in [2.45, 2.75) is 68.6 Å². The molecule has 2 N–H and O–H groups in total. The van der Waals surface area contributed by atoms with E-state index < -0.39 is 15.7 Å². The number of primary amides is 1. The Labute approximate surface area is 207 Å². The predicted molar refractivity (Wildman–Crippen MR) is 135 cm³/mol. The number of amides is 1. The van der Waals surface area contributed by atoms with Crippen LogP contribution in [-0.4, -0.2) is 36.5 Å². The van der Waals surface area contributed by atoms with Gasteiger partial charge >= 0.3 is 0 Å². The van der Waals surface area contributed by atoms with Gasteiger partial charge in [0, 0.05) is 18.9 Å². The molecule has 1 aromatic heterocycles. The zero-order chi connectivity index (χ0) is 25.1. The van der Waals surface area contributed by atoms with Crippen molar-refractivity contribution >= 4 is 15.7 Å². The van der Waals surface area contributed by atoms with Crippen molar-refractivity contribution in [1.29, 1.82) is 0 Å². The number of rotatable bonds is 9. The maximum absolute atomic E-state index is 12.2. The zero-order valence-electron chi connectivity index (χ0n) is 20.3. The van der Waals surface area contributed by atoms with Crippen molar-refractivity contribution in [2.24, 2.45) is 5.73 Å². The SMILES string of the molecule is CCC1(n2cc(C(N)=O)c(Cc3ccc(S(C)(=O)=O)cc3)n2)CCC(OCc2ccccc2)CC1. The molecule has 186 valence electrons. The molecule has 1 saturated carbocycles. The Kier molecular flexibility index (Phi) is 7.42. The number of sulfone groups is 1. The Balaban J connectivity index is 1.48. The van der Waals surface area contributed by atoms with Crippen molar-refractivity contribution in [3.8, 4) is 0 Å².